The molecule has 0 aliphatic heterocycles. The smallest absolute Gasteiger partial charge is 0.253 e. The van der Waals surface area contributed by atoms with Gasteiger partial charge >= 0.3 is 0 Å². The average Bonchev–Trinajstić information content (AvgIpc) is 2.25. The first kappa shape index (κ1) is 12.7. The van der Waals surface area contributed by atoms with Gasteiger partial charge in [0.1, 0.15) is 6.04 Å². The summed E-state index contributed by atoms with van der Waals surface area (Å²) in [5, 5.41) is 11.4. The van der Waals surface area contributed by atoms with Crippen LogP contribution in [0.5, 0.6) is 0 Å². The zero-order chi connectivity index (χ0) is 12.1. The standard InChI is InChI=1S/C12H13BrN2O/c1-3-9(7-14)15-12(16)10-5-4-8(2)6-11(10)13/h4-6,9H,3H2,1-2H3,(H,15,16). The Morgan fingerprint density at radius 1 is 1.62 bits per heavy atom. The van der Waals surface area contributed by atoms with Gasteiger partial charge in [0, 0.05) is 4.47 Å². The normalized spacial score (nSPS) is 11.6. The fourth-order valence-electron chi connectivity index (χ4n) is 1.27. The monoisotopic (exact) mass is 280 g/mol. The van der Waals surface area contributed by atoms with E-state index in [0.717, 1.165) is 10.0 Å². The molecule has 0 saturated carbocycles. The van der Waals surface area contributed by atoms with E-state index in [9.17, 15) is 4.79 Å². The molecule has 0 aliphatic carbocycles. The van der Waals surface area contributed by atoms with Crippen molar-refractivity contribution >= 4 is 21.8 Å². The van der Waals surface area contributed by atoms with Crippen molar-refractivity contribution in [2.24, 2.45) is 0 Å². The van der Waals surface area contributed by atoms with Crippen LogP contribution in [0.1, 0.15) is 29.3 Å². The number of nitrogens with one attached hydrogen (secondary N) is 1. The number of halogens is 1. The molecule has 1 atom stereocenters. The molecule has 0 saturated heterocycles. The summed E-state index contributed by atoms with van der Waals surface area (Å²) >= 11 is 3.34. The number of carbonyl (C=O) groups excluding carboxylic acids is 1. The summed E-state index contributed by atoms with van der Waals surface area (Å²) in [5.74, 6) is -0.222. The zero-order valence-corrected chi connectivity index (χ0v) is 10.8. The largest absolute Gasteiger partial charge is 0.336 e. The molecule has 84 valence electrons. The third-order valence-electron chi connectivity index (χ3n) is 2.24. The fourth-order valence-corrected chi connectivity index (χ4v) is 1.94. The Labute approximate surface area is 104 Å². The number of nitriles is 1. The van der Waals surface area contributed by atoms with Crippen molar-refractivity contribution in [3.63, 3.8) is 0 Å². The van der Waals surface area contributed by atoms with Gasteiger partial charge in [-0.3, -0.25) is 4.79 Å². The fraction of sp³-hybridized carbons (Fsp3) is 0.333. The van der Waals surface area contributed by atoms with Gasteiger partial charge in [-0.25, -0.2) is 0 Å². The maximum Gasteiger partial charge on any atom is 0.253 e. The van der Waals surface area contributed by atoms with Crippen LogP contribution in [0.15, 0.2) is 22.7 Å². The maximum atomic E-state index is 11.8. The molecule has 1 aromatic carbocycles. The Hall–Kier alpha value is -1.34. The Kier molecular flexibility index (Phi) is 4.51. The predicted molar refractivity (Wildman–Crippen MR) is 66.0 cm³/mol. The van der Waals surface area contributed by atoms with E-state index in [2.05, 4.69) is 21.2 Å². The van der Waals surface area contributed by atoms with Crippen molar-refractivity contribution in [1.82, 2.24) is 5.32 Å². The summed E-state index contributed by atoms with van der Waals surface area (Å²) in [7, 11) is 0. The number of benzene rings is 1. The number of hydrogen-bond acceptors (Lipinski definition) is 2. The highest BCUT2D eigenvalue weighted by atomic mass is 79.9. The zero-order valence-electron chi connectivity index (χ0n) is 9.25. The van der Waals surface area contributed by atoms with Crippen molar-refractivity contribution in [2.75, 3.05) is 0 Å². The van der Waals surface area contributed by atoms with Gasteiger partial charge in [-0.2, -0.15) is 5.26 Å². The van der Waals surface area contributed by atoms with Crippen LogP contribution in [0.2, 0.25) is 0 Å². The highest BCUT2D eigenvalue weighted by Crippen LogP contribution is 2.18. The minimum absolute atomic E-state index is 0.222. The summed E-state index contributed by atoms with van der Waals surface area (Å²) in [6.07, 6.45) is 0.603. The second-order valence-electron chi connectivity index (χ2n) is 3.55. The minimum Gasteiger partial charge on any atom is -0.336 e. The molecule has 0 bridgehead atoms. The van der Waals surface area contributed by atoms with Crippen molar-refractivity contribution in [3.05, 3.63) is 33.8 Å². The lowest BCUT2D eigenvalue weighted by atomic mass is 10.1. The first-order chi connectivity index (χ1) is 7.58. The molecule has 1 unspecified atom stereocenters. The molecule has 1 rings (SSSR count). The van der Waals surface area contributed by atoms with Crippen LogP contribution in [0.3, 0.4) is 0 Å². The predicted octanol–water partition coefficient (Wildman–Crippen LogP) is 2.79. The van der Waals surface area contributed by atoms with Gasteiger partial charge in [0.05, 0.1) is 11.6 Å². The van der Waals surface area contributed by atoms with Gasteiger partial charge in [0.2, 0.25) is 0 Å². The molecule has 4 heteroatoms. The first-order valence-corrected chi connectivity index (χ1v) is 5.84. The second kappa shape index (κ2) is 5.66. The molecule has 1 aromatic rings. The molecule has 0 spiro atoms. The van der Waals surface area contributed by atoms with Crippen molar-refractivity contribution in [1.29, 1.82) is 5.26 Å². The Morgan fingerprint density at radius 2 is 2.31 bits per heavy atom. The van der Waals surface area contributed by atoms with Crippen LogP contribution in [-0.4, -0.2) is 11.9 Å². The molecule has 0 aromatic heterocycles. The van der Waals surface area contributed by atoms with Crippen LogP contribution >= 0.6 is 15.9 Å². The molecular formula is C12H13BrN2O. The molecule has 0 aliphatic rings. The first-order valence-electron chi connectivity index (χ1n) is 5.05. The molecule has 3 nitrogen and oxygen atoms in total. The maximum absolute atomic E-state index is 11.8. The molecule has 16 heavy (non-hydrogen) atoms. The summed E-state index contributed by atoms with van der Waals surface area (Å²) in [4.78, 5) is 11.8. The van der Waals surface area contributed by atoms with E-state index in [1.54, 1.807) is 6.07 Å². The molecule has 0 heterocycles. The molecular weight excluding hydrogens is 268 g/mol. The third kappa shape index (κ3) is 3.07. The highest BCUT2D eigenvalue weighted by molar-refractivity contribution is 9.10. The van der Waals surface area contributed by atoms with Crippen LogP contribution in [0, 0.1) is 18.3 Å². The number of aryl methyl sites for hydroxylation is 1. The summed E-state index contributed by atoms with van der Waals surface area (Å²) in [6.45, 7) is 3.81. The third-order valence-corrected chi connectivity index (χ3v) is 2.89. The Morgan fingerprint density at radius 3 is 2.81 bits per heavy atom. The van der Waals surface area contributed by atoms with Gasteiger partial charge < -0.3 is 5.32 Å². The van der Waals surface area contributed by atoms with Crippen LogP contribution in [0.4, 0.5) is 0 Å². The molecule has 1 amide bonds. The van der Waals surface area contributed by atoms with E-state index in [0.29, 0.717) is 12.0 Å². The lowest BCUT2D eigenvalue weighted by Crippen LogP contribution is -2.33. The van der Waals surface area contributed by atoms with E-state index in [-0.39, 0.29) is 5.91 Å². The molecule has 1 N–H and O–H groups in total. The molecule has 0 radical (unpaired) electrons. The Balaban J connectivity index is 2.85. The number of nitrogens with zero attached hydrogens (tertiary/aromatic N) is 1. The number of carbonyl (C=O) groups is 1. The van der Waals surface area contributed by atoms with Gasteiger partial charge in [-0.15, -0.1) is 0 Å². The van der Waals surface area contributed by atoms with Crippen molar-refractivity contribution in [2.45, 2.75) is 26.3 Å². The number of rotatable bonds is 3. The van der Waals surface area contributed by atoms with Gasteiger partial charge in [-0.1, -0.05) is 13.0 Å². The Bertz CT molecular complexity index is 437. The van der Waals surface area contributed by atoms with E-state index < -0.39 is 6.04 Å². The van der Waals surface area contributed by atoms with Crippen molar-refractivity contribution < 1.29 is 4.79 Å². The highest BCUT2D eigenvalue weighted by Gasteiger charge is 2.13. The lowest BCUT2D eigenvalue weighted by molar-refractivity contribution is 0.0944. The van der Waals surface area contributed by atoms with E-state index in [1.165, 1.54) is 0 Å². The van der Waals surface area contributed by atoms with E-state index in [4.69, 9.17) is 5.26 Å². The van der Waals surface area contributed by atoms with Gasteiger partial charge in [0.25, 0.3) is 5.91 Å². The quantitative estimate of drug-likeness (QED) is 0.926. The van der Waals surface area contributed by atoms with Crippen LogP contribution in [0.25, 0.3) is 0 Å². The van der Waals surface area contributed by atoms with Crippen molar-refractivity contribution in [3.8, 4) is 6.07 Å². The minimum atomic E-state index is -0.430. The summed E-state index contributed by atoms with van der Waals surface area (Å²) in [6, 6.07) is 7.10. The lowest BCUT2D eigenvalue weighted by Gasteiger charge is -2.10. The molecule has 0 fully saturated rings. The second-order valence-corrected chi connectivity index (χ2v) is 4.40. The van der Waals surface area contributed by atoms with E-state index in [1.807, 2.05) is 32.0 Å². The summed E-state index contributed by atoms with van der Waals surface area (Å²) < 4.78 is 0.748. The van der Waals surface area contributed by atoms with Crippen LogP contribution in [-0.2, 0) is 0 Å². The number of hydrogen-bond donors (Lipinski definition) is 1. The van der Waals surface area contributed by atoms with Gasteiger partial charge in [0.15, 0.2) is 0 Å². The van der Waals surface area contributed by atoms with E-state index >= 15 is 0 Å². The number of amides is 1. The summed E-state index contributed by atoms with van der Waals surface area (Å²) in [5.41, 5.74) is 1.63. The SMILES string of the molecule is CCC(C#N)NC(=O)c1ccc(C)cc1Br. The topological polar surface area (TPSA) is 52.9 Å². The van der Waals surface area contributed by atoms with Crippen LogP contribution < -0.4 is 5.32 Å². The van der Waals surface area contributed by atoms with Gasteiger partial charge in [-0.05, 0) is 47.0 Å². The average molecular weight is 281 g/mol.